The minimum atomic E-state index is -4.69. The van der Waals surface area contributed by atoms with Crippen LogP contribution in [0.15, 0.2) is 34.3 Å². The predicted octanol–water partition coefficient (Wildman–Crippen LogP) is -1.47. The van der Waals surface area contributed by atoms with Gasteiger partial charge in [-0.15, -0.1) is 5.69 Å². The van der Waals surface area contributed by atoms with Crippen LogP contribution in [0.25, 0.3) is 5.43 Å². The minimum Gasteiger partial charge on any atom is -0.744 e. The molecule has 0 saturated heterocycles. The van der Waals surface area contributed by atoms with Gasteiger partial charge in [0.15, 0.2) is 5.71 Å². The van der Waals surface area contributed by atoms with Crippen LogP contribution in [0.5, 0.6) is 0 Å². The fraction of sp³-hybridized carbons (Fsp3) is 0.100. The van der Waals surface area contributed by atoms with Crippen molar-refractivity contribution in [2.24, 2.45) is 5.10 Å². The van der Waals surface area contributed by atoms with Crippen molar-refractivity contribution in [2.45, 2.75) is 4.90 Å². The molecule has 0 aromatic heterocycles. The Morgan fingerprint density at radius 3 is 2.35 bits per heavy atom. The quantitative estimate of drug-likeness (QED) is 0.159. The summed E-state index contributed by atoms with van der Waals surface area (Å²) in [7, 11) is -3.52. The molecule has 8 N–H and O–H groups in total. The smallest absolute Gasteiger partial charge is 0.744 e. The predicted molar refractivity (Wildman–Crippen MR) is 77.3 cm³/mol. The first-order valence-electron chi connectivity index (χ1n) is 4.76. The van der Waals surface area contributed by atoms with Crippen molar-refractivity contribution in [3.63, 3.8) is 0 Å². The third-order valence-electron chi connectivity index (χ3n) is 1.92. The van der Waals surface area contributed by atoms with Crippen molar-refractivity contribution in [2.75, 3.05) is 7.11 Å². The molecule has 1 radical (unpaired) electrons. The van der Waals surface area contributed by atoms with Gasteiger partial charge in [0.25, 0.3) is 0 Å². The molecule has 1 aromatic carbocycles. The van der Waals surface area contributed by atoms with Gasteiger partial charge in [0, 0.05) is 4.90 Å². The van der Waals surface area contributed by atoms with Crippen LogP contribution in [0.4, 0.5) is 5.69 Å². The van der Waals surface area contributed by atoms with E-state index in [2.05, 4.69) is 15.3 Å². The molecule has 0 aliphatic heterocycles. The second kappa shape index (κ2) is 12.5. The van der Waals surface area contributed by atoms with Gasteiger partial charge in [-0.25, -0.2) is 8.42 Å². The number of nitrogens with one attached hydrogen (secondary N) is 1. The molecule has 11 nitrogen and oxygen atoms in total. The zero-order valence-corrected chi connectivity index (χ0v) is 13.3. The van der Waals surface area contributed by atoms with Gasteiger partial charge in [0.2, 0.25) is 5.90 Å². The maximum Gasteiger partial charge on any atom is 2.00 e. The Bertz CT molecular complexity index is 672. The third-order valence-corrected chi connectivity index (χ3v) is 2.80. The van der Waals surface area contributed by atoms with Gasteiger partial charge in [-0.05, 0) is 6.07 Å². The van der Waals surface area contributed by atoms with Gasteiger partial charge in [0.05, 0.1) is 7.11 Å². The van der Waals surface area contributed by atoms with E-state index in [1.54, 1.807) is 6.07 Å². The van der Waals surface area contributed by atoms with Crippen LogP contribution in [-0.2, 0) is 37.4 Å². The van der Waals surface area contributed by atoms with Crippen LogP contribution in [0.1, 0.15) is 0 Å². The van der Waals surface area contributed by atoms with Gasteiger partial charge >= 0.3 is 17.1 Å². The van der Waals surface area contributed by atoms with E-state index in [1.807, 2.05) is 0 Å². The summed E-state index contributed by atoms with van der Waals surface area (Å²) in [6.45, 7) is 0. The Kier molecular flexibility index (Phi) is 15.8. The summed E-state index contributed by atoms with van der Waals surface area (Å²) in [5.74, 6) is -0.520. The fourth-order valence-electron chi connectivity index (χ4n) is 1.07. The molecule has 0 amide bonds. The summed E-state index contributed by atoms with van der Waals surface area (Å²) in [4.78, 5) is -0.556. The Hall–Kier alpha value is -2.04. The second-order valence-electron chi connectivity index (χ2n) is 3.12. The zero-order valence-electron chi connectivity index (χ0n) is 11.6. The molecule has 133 valence electrons. The zero-order chi connectivity index (χ0) is 14.5. The molecule has 0 aliphatic carbocycles. The van der Waals surface area contributed by atoms with Crippen molar-refractivity contribution < 1.29 is 51.2 Å². The number of methoxy groups -OCH3 is 1. The summed E-state index contributed by atoms with van der Waals surface area (Å²) < 4.78 is 37.4. The monoisotopic (exact) mass is 398 g/mol. The van der Waals surface area contributed by atoms with Crippen molar-refractivity contribution in [3.05, 3.63) is 29.7 Å². The second-order valence-corrected chi connectivity index (χ2v) is 4.46. The topological polar surface area (TPSA) is 237 Å². The van der Waals surface area contributed by atoms with Crippen LogP contribution >= 0.6 is 0 Å². The molecule has 13 heteroatoms. The summed E-state index contributed by atoms with van der Waals surface area (Å²) in [5, 5.41) is 19.3. The number of ether oxygens (including phenoxy) is 1. The number of rotatable bonds is 4. The average Bonchev–Trinajstić information content (AvgIpc) is 2.38. The maximum absolute atomic E-state index is 11.0. The summed E-state index contributed by atoms with van der Waals surface area (Å²) >= 11 is 0. The van der Waals surface area contributed by atoms with E-state index >= 15 is 0 Å². The summed E-state index contributed by atoms with van der Waals surface area (Å²) in [6.07, 6.45) is 0. The van der Waals surface area contributed by atoms with Crippen molar-refractivity contribution in [1.82, 2.24) is 0 Å². The first-order valence-corrected chi connectivity index (χ1v) is 6.17. The molecule has 0 heterocycles. The van der Waals surface area contributed by atoms with E-state index in [0.29, 0.717) is 0 Å². The van der Waals surface area contributed by atoms with Gasteiger partial charge < -0.3 is 36.2 Å². The minimum absolute atomic E-state index is 0. The Morgan fingerprint density at radius 1 is 1.39 bits per heavy atom. The van der Waals surface area contributed by atoms with E-state index in [0.717, 1.165) is 6.07 Å². The van der Waals surface area contributed by atoms with Gasteiger partial charge in [-0.3, -0.25) is 5.41 Å². The van der Waals surface area contributed by atoms with Crippen molar-refractivity contribution >= 4 is 27.4 Å². The standard InChI is InChI=1S/C10H9N4O4S.Cu.3H2O/c1-18-10(12)8(6-11)14-13-7-4-2-3-5-9(7)19(15,16)17;;;;/h2-5,12H,1H3,(H,15,16,17);;3*1H2/q-1;+2;;;/b12-10?,14-8-;;;;. The number of hydrogen-bond donors (Lipinski definition) is 1. The van der Waals surface area contributed by atoms with Crippen LogP contribution in [0.3, 0.4) is 0 Å². The van der Waals surface area contributed by atoms with E-state index in [4.69, 9.17) is 10.7 Å². The van der Waals surface area contributed by atoms with Crippen molar-refractivity contribution in [1.29, 1.82) is 10.7 Å². The van der Waals surface area contributed by atoms with Gasteiger partial charge in [-0.1, -0.05) is 18.2 Å². The molecule has 1 rings (SSSR count). The molecular formula is C10H15CuN4O7S+. The first kappa shape index (κ1) is 29.0. The molecule has 0 unspecified atom stereocenters. The number of hydrogen-bond acceptors (Lipinski definition) is 7. The molecule has 0 saturated carbocycles. The molecule has 1 aromatic rings. The van der Waals surface area contributed by atoms with Crippen LogP contribution in [0, 0.1) is 16.7 Å². The Morgan fingerprint density at radius 2 is 1.91 bits per heavy atom. The molecule has 0 fully saturated rings. The maximum atomic E-state index is 11.0. The SMILES string of the molecule is COC(=N)/C(C#N)=N\[N-]c1ccccc1S(=O)(=O)[O-].O.O.[Cu+2].[OH3+]. The van der Waals surface area contributed by atoms with E-state index < -0.39 is 26.6 Å². The van der Waals surface area contributed by atoms with Gasteiger partial charge in [0.1, 0.15) is 16.2 Å². The normalized spacial score (nSPS) is 9.52. The van der Waals surface area contributed by atoms with Crippen LogP contribution in [0.2, 0.25) is 0 Å². The molecule has 0 bridgehead atoms. The third kappa shape index (κ3) is 8.24. The fourth-order valence-corrected chi connectivity index (χ4v) is 1.68. The van der Waals surface area contributed by atoms with Gasteiger partial charge in [-0.2, -0.15) is 5.26 Å². The average molecular weight is 399 g/mol. The largest absolute Gasteiger partial charge is 2.00 e. The number of nitrogens with zero attached hydrogens (tertiary/aromatic N) is 3. The van der Waals surface area contributed by atoms with Crippen LogP contribution < -0.4 is 0 Å². The Labute approximate surface area is 142 Å². The number of nitriles is 1. The summed E-state index contributed by atoms with van der Waals surface area (Å²) in [5.41, 5.74) is 2.82. The molecule has 23 heavy (non-hydrogen) atoms. The van der Waals surface area contributed by atoms with E-state index in [9.17, 15) is 13.0 Å². The molecule has 0 aliphatic rings. The van der Waals surface area contributed by atoms with E-state index in [1.165, 1.54) is 25.3 Å². The Balaban J connectivity index is -0.000000451. The summed E-state index contributed by atoms with van der Waals surface area (Å²) in [6, 6.07) is 6.70. The molecule has 0 atom stereocenters. The molecule has 0 spiro atoms. The molecular weight excluding hydrogens is 384 g/mol. The van der Waals surface area contributed by atoms with Crippen LogP contribution in [-0.4, -0.2) is 42.6 Å². The number of benzene rings is 1. The van der Waals surface area contributed by atoms with Crippen molar-refractivity contribution in [3.8, 4) is 6.07 Å². The van der Waals surface area contributed by atoms with E-state index in [-0.39, 0.29) is 39.2 Å². The first-order chi connectivity index (χ1) is 8.90.